The number of rotatable bonds is 4. The van der Waals surface area contributed by atoms with Gasteiger partial charge < -0.3 is 11.1 Å². The second kappa shape index (κ2) is 4.96. The van der Waals surface area contributed by atoms with Crippen molar-refractivity contribution in [3.05, 3.63) is 33.2 Å². The number of hydrogen-bond acceptors (Lipinski definition) is 6. The van der Waals surface area contributed by atoms with Crippen molar-refractivity contribution in [1.29, 1.82) is 0 Å². The summed E-state index contributed by atoms with van der Waals surface area (Å²) >= 11 is 0. The molecule has 0 aliphatic carbocycles. The van der Waals surface area contributed by atoms with Crippen LogP contribution in [0.2, 0.25) is 0 Å². The van der Waals surface area contributed by atoms with Crippen molar-refractivity contribution in [2.75, 3.05) is 17.6 Å². The van der Waals surface area contributed by atoms with Crippen LogP contribution in [0.3, 0.4) is 0 Å². The largest absolute Gasteiger partial charge is 0.396 e. The van der Waals surface area contributed by atoms with Crippen molar-refractivity contribution in [3.8, 4) is 0 Å². The third-order valence-corrected chi connectivity index (χ3v) is 2.61. The van der Waals surface area contributed by atoms with Crippen molar-refractivity contribution in [2.45, 2.75) is 6.54 Å². The Morgan fingerprint density at radius 2 is 2.11 bits per heavy atom. The SMILES string of the molecule is Cn1nc(NCCn2cc(N)cn2)c(=O)n(C)c1=O. The average molecular weight is 265 g/mol. The molecule has 0 fully saturated rings. The topological polar surface area (TPSA) is 113 Å². The molecule has 0 aliphatic rings. The lowest BCUT2D eigenvalue weighted by atomic mass is 10.5. The van der Waals surface area contributed by atoms with E-state index in [0.29, 0.717) is 18.8 Å². The smallest absolute Gasteiger partial charge is 0.346 e. The van der Waals surface area contributed by atoms with Crippen LogP contribution in [0.15, 0.2) is 22.0 Å². The van der Waals surface area contributed by atoms with Gasteiger partial charge in [0.05, 0.1) is 18.4 Å². The van der Waals surface area contributed by atoms with E-state index in [1.54, 1.807) is 17.1 Å². The Kier molecular flexibility index (Phi) is 3.36. The molecule has 0 amide bonds. The van der Waals surface area contributed by atoms with Crippen molar-refractivity contribution in [3.63, 3.8) is 0 Å². The van der Waals surface area contributed by atoms with Crippen LogP contribution in [0.1, 0.15) is 0 Å². The van der Waals surface area contributed by atoms with E-state index in [-0.39, 0.29) is 5.82 Å². The van der Waals surface area contributed by atoms with Crippen LogP contribution >= 0.6 is 0 Å². The Morgan fingerprint density at radius 1 is 1.37 bits per heavy atom. The Morgan fingerprint density at radius 3 is 2.74 bits per heavy atom. The highest BCUT2D eigenvalue weighted by atomic mass is 16.2. The number of nitrogen functional groups attached to an aromatic ring is 1. The highest BCUT2D eigenvalue weighted by Crippen LogP contribution is 1.97. The summed E-state index contributed by atoms with van der Waals surface area (Å²) in [6.07, 6.45) is 3.23. The standard InChI is InChI=1S/C10H15N7O2/c1-15-9(18)8(14-16(2)10(15)19)12-3-4-17-6-7(11)5-13-17/h5-6H,3-4,11H2,1-2H3,(H,12,14). The van der Waals surface area contributed by atoms with E-state index in [4.69, 9.17) is 5.73 Å². The van der Waals surface area contributed by atoms with Crippen molar-refractivity contribution in [2.24, 2.45) is 14.1 Å². The van der Waals surface area contributed by atoms with Gasteiger partial charge in [-0.15, -0.1) is 5.10 Å². The predicted octanol–water partition coefficient (Wildman–Crippen LogP) is -1.63. The van der Waals surface area contributed by atoms with Gasteiger partial charge in [-0.3, -0.25) is 14.0 Å². The van der Waals surface area contributed by atoms with E-state index >= 15 is 0 Å². The highest BCUT2D eigenvalue weighted by molar-refractivity contribution is 5.31. The summed E-state index contributed by atoms with van der Waals surface area (Å²) in [6.45, 7) is 0.979. The monoisotopic (exact) mass is 265 g/mol. The van der Waals surface area contributed by atoms with Gasteiger partial charge in [0, 0.05) is 26.8 Å². The molecule has 0 unspecified atom stereocenters. The molecular formula is C10H15N7O2. The van der Waals surface area contributed by atoms with E-state index in [2.05, 4.69) is 15.5 Å². The maximum absolute atomic E-state index is 11.8. The van der Waals surface area contributed by atoms with E-state index in [1.165, 1.54) is 14.1 Å². The van der Waals surface area contributed by atoms with Gasteiger partial charge in [0.25, 0.3) is 5.56 Å². The van der Waals surface area contributed by atoms with Gasteiger partial charge in [-0.2, -0.15) is 5.10 Å². The fraction of sp³-hybridized carbons (Fsp3) is 0.400. The summed E-state index contributed by atoms with van der Waals surface area (Å²) in [5.41, 5.74) is 5.20. The van der Waals surface area contributed by atoms with E-state index in [9.17, 15) is 9.59 Å². The van der Waals surface area contributed by atoms with Crippen LogP contribution < -0.4 is 22.3 Å². The summed E-state index contributed by atoms with van der Waals surface area (Å²) in [6, 6.07) is 0. The lowest BCUT2D eigenvalue weighted by Crippen LogP contribution is -2.40. The summed E-state index contributed by atoms with van der Waals surface area (Å²) in [7, 11) is 2.90. The summed E-state index contributed by atoms with van der Waals surface area (Å²) in [4.78, 5) is 23.2. The first-order chi connectivity index (χ1) is 8.99. The number of aromatic nitrogens is 5. The fourth-order valence-electron chi connectivity index (χ4n) is 1.60. The van der Waals surface area contributed by atoms with E-state index in [1.807, 2.05) is 0 Å². The molecular weight excluding hydrogens is 250 g/mol. The molecule has 19 heavy (non-hydrogen) atoms. The van der Waals surface area contributed by atoms with Crippen molar-refractivity contribution in [1.82, 2.24) is 24.1 Å². The van der Waals surface area contributed by atoms with Crippen molar-refractivity contribution >= 4 is 11.5 Å². The van der Waals surface area contributed by atoms with Gasteiger partial charge in [-0.05, 0) is 0 Å². The third-order valence-electron chi connectivity index (χ3n) is 2.61. The normalized spacial score (nSPS) is 10.6. The van der Waals surface area contributed by atoms with Gasteiger partial charge in [-0.25, -0.2) is 9.48 Å². The molecule has 2 rings (SSSR count). The fourth-order valence-corrected chi connectivity index (χ4v) is 1.60. The maximum Gasteiger partial charge on any atom is 0.346 e. The van der Waals surface area contributed by atoms with Crippen LogP contribution in [-0.4, -0.2) is 30.7 Å². The maximum atomic E-state index is 11.8. The minimum atomic E-state index is -0.463. The summed E-state index contributed by atoms with van der Waals surface area (Å²) < 4.78 is 3.76. The third kappa shape index (κ3) is 2.64. The number of aryl methyl sites for hydroxylation is 1. The molecule has 0 spiro atoms. The quantitative estimate of drug-likeness (QED) is 0.686. The molecule has 0 saturated heterocycles. The molecule has 0 saturated carbocycles. The number of hydrogen-bond donors (Lipinski definition) is 2. The second-order valence-electron chi connectivity index (χ2n) is 4.08. The number of nitrogens with zero attached hydrogens (tertiary/aromatic N) is 5. The second-order valence-corrected chi connectivity index (χ2v) is 4.08. The van der Waals surface area contributed by atoms with E-state index in [0.717, 1.165) is 9.25 Å². The molecule has 2 heterocycles. The molecule has 0 aliphatic heterocycles. The van der Waals surface area contributed by atoms with Crippen molar-refractivity contribution < 1.29 is 0 Å². The molecule has 9 heteroatoms. The van der Waals surface area contributed by atoms with Gasteiger partial charge in [-0.1, -0.05) is 0 Å². The first kappa shape index (κ1) is 12.9. The van der Waals surface area contributed by atoms with Gasteiger partial charge in [0.1, 0.15) is 0 Å². The summed E-state index contributed by atoms with van der Waals surface area (Å²) in [5, 5.41) is 10.8. The first-order valence-electron chi connectivity index (χ1n) is 5.65. The first-order valence-corrected chi connectivity index (χ1v) is 5.65. The number of nitrogens with one attached hydrogen (secondary N) is 1. The minimum Gasteiger partial charge on any atom is -0.396 e. The molecule has 102 valence electrons. The van der Waals surface area contributed by atoms with Crippen LogP contribution in [0.5, 0.6) is 0 Å². The Bertz CT molecular complexity index is 697. The van der Waals surface area contributed by atoms with E-state index < -0.39 is 11.2 Å². The lowest BCUT2D eigenvalue weighted by Gasteiger charge is -2.07. The van der Waals surface area contributed by atoms with Crippen LogP contribution in [0, 0.1) is 0 Å². The van der Waals surface area contributed by atoms with Crippen LogP contribution in [0.25, 0.3) is 0 Å². The molecule has 0 aromatic carbocycles. The summed E-state index contributed by atoms with van der Waals surface area (Å²) in [5.74, 6) is 0.129. The Labute approximate surface area is 108 Å². The zero-order valence-electron chi connectivity index (χ0n) is 10.7. The molecule has 3 N–H and O–H groups in total. The zero-order valence-corrected chi connectivity index (χ0v) is 10.7. The molecule has 2 aromatic rings. The number of anilines is 2. The average Bonchev–Trinajstić information content (AvgIpc) is 2.79. The molecule has 0 atom stereocenters. The number of nitrogens with two attached hydrogens (primary N) is 1. The Hall–Kier alpha value is -2.58. The zero-order chi connectivity index (χ0) is 14.0. The molecule has 0 radical (unpaired) electrons. The molecule has 9 nitrogen and oxygen atoms in total. The van der Waals surface area contributed by atoms with Gasteiger partial charge in [0.15, 0.2) is 0 Å². The van der Waals surface area contributed by atoms with Crippen LogP contribution in [-0.2, 0) is 20.6 Å². The molecule has 0 bridgehead atoms. The Balaban J connectivity index is 2.08. The minimum absolute atomic E-state index is 0.129. The van der Waals surface area contributed by atoms with Crippen LogP contribution in [0.4, 0.5) is 11.5 Å². The van der Waals surface area contributed by atoms with Gasteiger partial charge >= 0.3 is 5.69 Å². The highest BCUT2D eigenvalue weighted by Gasteiger charge is 2.07. The lowest BCUT2D eigenvalue weighted by molar-refractivity contribution is 0.596. The molecule has 2 aromatic heterocycles. The van der Waals surface area contributed by atoms with Gasteiger partial charge in [0.2, 0.25) is 5.82 Å². The predicted molar refractivity (Wildman–Crippen MR) is 69.8 cm³/mol.